The van der Waals surface area contributed by atoms with Crippen molar-refractivity contribution in [3.05, 3.63) is 72.3 Å². The van der Waals surface area contributed by atoms with Gasteiger partial charge in [0.05, 0.1) is 4.90 Å². The fraction of sp³-hybridized carbons (Fsp3) is 0.261. The van der Waals surface area contributed by atoms with Crippen LogP contribution in [0.25, 0.3) is 10.8 Å². The van der Waals surface area contributed by atoms with Crippen molar-refractivity contribution < 1.29 is 13.2 Å². The van der Waals surface area contributed by atoms with Gasteiger partial charge in [0.15, 0.2) is 0 Å². The standard InChI is InChI=1S/C23H24N2O3S/c1-2-17-9-12-20(13-10-17)24-23(26)22-8-5-15-25(22)29(27,28)21-14-11-18-6-3-4-7-19(18)16-21/h3-4,6-7,9-14,16,22H,2,5,8,15H2,1H3,(H,24,26)/t22-/m1/s1. The monoisotopic (exact) mass is 408 g/mol. The van der Waals surface area contributed by atoms with Crippen molar-refractivity contribution in [2.75, 3.05) is 11.9 Å². The number of benzene rings is 3. The van der Waals surface area contributed by atoms with Crippen molar-refractivity contribution in [1.29, 1.82) is 0 Å². The van der Waals surface area contributed by atoms with Gasteiger partial charge < -0.3 is 5.32 Å². The summed E-state index contributed by atoms with van der Waals surface area (Å²) in [5.74, 6) is -0.281. The van der Waals surface area contributed by atoms with Crippen molar-refractivity contribution in [3.63, 3.8) is 0 Å². The first-order valence-corrected chi connectivity index (χ1v) is 11.3. The van der Waals surface area contributed by atoms with Crippen molar-refractivity contribution in [1.82, 2.24) is 4.31 Å². The summed E-state index contributed by atoms with van der Waals surface area (Å²) in [6.45, 7) is 2.42. The molecule has 0 unspecified atom stereocenters. The molecule has 1 aliphatic heterocycles. The second-order valence-electron chi connectivity index (χ2n) is 7.32. The minimum absolute atomic E-state index is 0.225. The second kappa shape index (κ2) is 7.97. The number of aryl methyl sites for hydroxylation is 1. The van der Waals surface area contributed by atoms with Gasteiger partial charge in [-0.3, -0.25) is 4.79 Å². The summed E-state index contributed by atoms with van der Waals surface area (Å²) in [6, 6.07) is 19.7. The van der Waals surface area contributed by atoms with Crippen LogP contribution in [0.1, 0.15) is 25.3 Å². The summed E-state index contributed by atoms with van der Waals surface area (Å²) in [7, 11) is -3.75. The molecule has 1 N–H and O–H groups in total. The Labute approximate surface area is 171 Å². The highest BCUT2D eigenvalue weighted by Gasteiger charge is 2.39. The molecule has 1 fully saturated rings. The molecule has 1 heterocycles. The first-order chi connectivity index (χ1) is 14.0. The average molecular weight is 409 g/mol. The van der Waals surface area contributed by atoms with Crippen LogP contribution in [-0.2, 0) is 21.2 Å². The van der Waals surface area contributed by atoms with Crippen LogP contribution in [0.2, 0.25) is 0 Å². The molecule has 1 atom stereocenters. The summed E-state index contributed by atoms with van der Waals surface area (Å²) < 4.78 is 27.9. The Kier molecular flexibility index (Phi) is 5.39. The van der Waals surface area contributed by atoms with Gasteiger partial charge in [-0.1, -0.05) is 49.4 Å². The number of nitrogens with one attached hydrogen (secondary N) is 1. The molecule has 6 heteroatoms. The predicted molar refractivity (Wildman–Crippen MR) is 115 cm³/mol. The number of amides is 1. The van der Waals surface area contributed by atoms with E-state index < -0.39 is 16.1 Å². The van der Waals surface area contributed by atoms with Crippen LogP contribution in [0, 0.1) is 0 Å². The number of hydrogen-bond acceptors (Lipinski definition) is 3. The van der Waals surface area contributed by atoms with Crippen molar-refractivity contribution in [2.45, 2.75) is 37.1 Å². The summed E-state index contributed by atoms with van der Waals surface area (Å²) >= 11 is 0. The lowest BCUT2D eigenvalue weighted by Crippen LogP contribution is -2.43. The summed E-state index contributed by atoms with van der Waals surface area (Å²) in [5, 5.41) is 4.72. The third-order valence-corrected chi connectivity index (χ3v) is 7.37. The number of fused-ring (bicyclic) bond motifs is 1. The molecule has 0 spiro atoms. The van der Waals surface area contributed by atoms with E-state index >= 15 is 0 Å². The Hall–Kier alpha value is -2.70. The van der Waals surface area contributed by atoms with Crippen LogP contribution in [0.4, 0.5) is 5.69 Å². The van der Waals surface area contributed by atoms with E-state index in [0.717, 1.165) is 17.2 Å². The molecule has 4 rings (SSSR count). The molecule has 1 amide bonds. The van der Waals surface area contributed by atoms with Crippen molar-refractivity contribution in [3.8, 4) is 0 Å². The molecule has 3 aromatic carbocycles. The molecular weight excluding hydrogens is 384 g/mol. The molecule has 29 heavy (non-hydrogen) atoms. The molecule has 150 valence electrons. The van der Waals surface area contributed by atoms with Gasteiger partial charge in [0.1, 0.15) is 6.04 Å². The number of nitrogens with zero attached hydrogens (tertiary/aromatic N) is 1. The number of sulfonamides is 1. The minimum atomic E-state index is -3.75. The van der Waals surface area contributed by atoms with E-state index in [0.29, 0.717) is 25.1 Å². The van der Waals surface area contributed by atoms with Crippen LogP contribution in [-0.4, -0.2) is 31.2 Å². The van der Waals surface area contributed by atoms with Gasteiger partial charge in [0, 0.05) is 12.2 Å². The molecule has 1 saturated heterocycles. The van der Waals surface area contributed by atoms with Gasteiger partial charge >= 0.3 is 0 Å². The second-order valence-corrected chi connectivity index (χ2v) is 9.21. The highest BCUT2D eigenvalue weighted by Crippen LogP contribution is 2.29. The number of carbonyl (C=O) groups excluding carboxylic acids is 1. The highest BCUT2D eigenvalue weighted by atomic mass is 32.2. The minimum Gasteiger partial charge on any atom is -0.325 e. The fourth-order valence-electron chi connectivity index (χ4n) is 3.80. The zero-order chi connectivity index (χ0) is 20.4. The van der Waals surface area contributed by atoms with Crippen LogP contribution < -0.4 is 5.32 Å². The maximum absolute atomic E-state index is 13.3. The zero-order valence-electron chi connectivity index (χ0n) is 16.3. The lowest BCUT2D eigenvalue weighted by Gasteiger charge is -2.23. The first-order valence-electron chi connectivity index (χ1n) is 9.89. The number of anilines is 1. The Bertz CT molecular complexity index is 1140. The largest absolute Gasteiger partial charge is 0.325 e. The first kappa shape index (κ1) is 19.6. The molecule has 0 aliphatic carbocycles. The summed E-state index contributed by atoms with van der Waals surface area (Å²) in [5.41, 5.74) is 1.87. The number of rotatable bonds is 5. The molecule has 1 aliphatic rings. The van der Waals surface area contributed by atoms with Gasteiger partial charge in [0.25, 0.3) is 0 Å². The Morgan fingerprint density at radius 2 is 1.76 bits per heavy atom. The highest BCUT2D eigenvalue weighted by molar-refractivity contribution is 7.89. The summed E-state index contributed by atoms with van der Waals surface area (Å²) in [6.07, 6.45) is 2.11. The molecular formula is C23H24N2O3S. The van der Waals surface area contributed by atoms with Gasteiger partial charge in [-0.2, -0.15) is 4.31 Å². The van der Waals surface area contributed by atoms with E-state index in [9.17, 15) is 13.2 Å². The summed E-state index contributed by atoms with van der Waals surface area (Å²) in [4.78, 5) is 13.1. The SMILES string of the molecule is CCc1ccc(NC(=O)[C@H]2CCCN2S(=O)(=O)c2ccc3ccccc3c2)cc1. The van der Waals surface area contributed by atoms with Crippen LogP contribution in [0.5, 0.6) is 0 Å². The smallest absolute Gasteiger partial charge is 0.243 e. The van der Waals surface area contributed by atoms with Gasteiger partial charge in [-0.05, 0) is 59.9 Å². The molecule has 0 aromatic heterocycles. The number of carbonyl (C=O) groups is 1. The normalized spacial score (nSPS) is 17.5. The third kappa shape index (κ3) is 3.91. The third-order valence-electron chi connectivity index (χ3n) is 5.46. The molecule has 0 bridgehead atoms. The molecule has 5 nitrogen and oxygen atoms in total. The topological polar surface area (TPSA) is 66.5 Å². The van der Waals surface area contributed by atoms with Gasteiger partial charge in [-0.15, -0.1) is 0 Å². The number of hydrogen-bond donors (Lipinski definition) is 1. The van der Waals surface area contributed by atoms with E-state index in [1.54, 1.807) is 12.1 Å². The van der Waals surface area contributed by atoms with E-state index in [2.05, 4.69) is 12.2 Å². The van der Waals surface area contributed by atoms with Crippen molar-refractivity contribution in [2.24, 2.45) is 0 Å². The Morgan fingerprint density at radius 1 is 1.03 bits per heavy atom. The van der Waals surface area contributed by atoms with E-state index in [1.807, 2.05) is 54.6 Å². The van der Waals surface area contributed by atoms with Crippen LogP contribution in [0.15, 0.2) is 71.6 Å². The molecule has 3 aromatic rings. The quantitative estimate of drug-likeness (QED) is 0.688. The lowest BCUT2D eigenvalue weighted by atomic mass is 10.1. The van der Waals surface area contributed by atoms with Crippen LogP contribution in [0.3, 0.4) is 0 Å². The van der Waals surface area contributed by atoms with Gasteiger partial charge in [0.2, 0.25) is 15.9 Å². The Morgan fingerprint density at radius 3 is 2.48 bits per heavy atom. The molecule has 0 radical (unpaired) electrons. The van der Waals surface area contributed by atoms with E-state index in [4.69, 9.17) is 0 Å². The fourth-order valence-corrected chi connectivity index (χ4v) is 5.49. The average Bonchev–Trinajstić information content (AvgIpc) is 3.25. The molecule has 0 saturated carbocycles. The van der Waals surface area contributed by atoms with Crippen LogP contribution >= 0.6 is 0 Å². The lowest BCUT2D eigenvalue weighted by molar-refractivity contribution is -0.119. The zero-order valence-corrected chi connectivity index (χ0v) is 17.2. The Balaban J connectivity index is 1.57. The van der Waals surface area contributed by atoms with E-state index in [1.165, 1.54) is 9.87 Å². The van der Waals surface area contributed by atoms with E-state index in [-0.39, 0.29) is 10.8 Å². The maximum atomic E-state index is 13.3. The maximum Gasteiger partial charge on any atom is 0.243 e. The van der Waals surface area contributed by atoms with Crippen molar-refractivity contribution >= 4 is 32.4 Å². The predicted octanol–water partition coefficient (Wildman–Crippen LogP) is 4.19. The van der Waals surface area contributed by atoms with Gasteiger partial charge in [-0.25, -0.2) is 8.42 Å².